The van der Waals surface area contributed by atoms with Crippen molar-refractivity contribution in [3.05, 3.63) is 57.6 Å². The zero-order valence-electron chi connectivity index (χ0n) is 33.7. The van der Waals surface area contributed by atoms with Gasteiger partial charge < -0.3 is 24.8 Å². The van der Waals surface area contributed by atoms with Crippen LogP contribution in [0.1, 0.15) is 183 Å². The first-order valence-corrected chi connectivity index (χ1v) is 20.7. The fraction of sp³-hybridized carbons (Fsp3) is 0.689. The zero-order chi connectivity index (χ0) is 38.4. The highest BCUT2D eigenvalue weighted by molar-refractivity contribution is 5.69. The minimum atomic E-state index is -1.01. The summed E-state index contributed by atoms with van der Waals surface area (Å²) in [5, 5.41) is 27.1. The van der Waals surface area contributed by atoms with E-state index in [-0.39, 0.29) is 19.8 Å². The number of aliphatic hydroxyl groups excluding tert-OH is 1. The van der Waals surface area contributed by atoms with Gasteiger partial charge in [-0.1, -0.05) is 155 Å². The normalized spacial score (nSPS) is 10.9. The lowest BCUT2D eigenvalue weighted by Gasteiger charge is -2.14. The number of carbonyl (C=O) groups is 2. The van der Waals surface area contributed by atoms with Gasteiger partial charge in [0, 0.05) is 5.56 Å². The lowest BCUT2D eigenvalue weighted by atomic mass is 9.98. The van der Waals surface area contributed by atoms with E-state index in [1.165, 1.54) is 133 Å². The molecule has 0 unspecified atom stereocenters. The van der Waals surface area contributed by atoms with Crippen LogP contribution in [-0.4, -0.2) is 40.5 Å². The van der Waals surface area contributed by atoms with Crippen molar-refractivity contribution in [3.63, 3.8) is 0 Å². The number of hydrogen-bond donors (Lipinski definition) is 3. The van der Waals surface area contributed by atoms with Gasteiger partial charge in [-0.25, -0.2) is 9.59 Å². The van der Waals surface area contributed by atoms with Gasteiger partial charge in [0.2, 0.25) is 0 Å². The lowest BCUT2D eigenvalue weighted by Crippen LogP contribution is -2.11. The second-order valence-corrected chi connectivity index (χ2v) is 14.5. The fourth-order valence-corrected chi connectivity index (χ4v) is 6.84. The first kappa shape index (κ1) is 47.0. The Labute approximate surface area is 316 Å². The van der Waals surface area contributed by atoms with Gasteiger partial charge in [0.15, 0.2) is 13.2 Å². The van der Waals surface area contributed by atoms with Crippen molar-refractivity contribution in [1.82, 2.24) is 0 Å². The molecule has 0 bridgehead atoms. The number of carboxylic acid groups (broad SMARTS) is 2. The van der Waals surface area contributed by atoms with Gasteiger partial charge in [0.1, 0.15) is 11.5 Å². The van der Waals surface area contributed by atoms with Gasteiger partial charge in [0.25, 0.3) is 0 Å². The highest BCUT2D eigenvalue weighted by Crippen LogP contribution is 2.28. The largest absolute Gasteiger partial charge is 0.481 e. The third-order valence-corrected chi connectivity index (χ3v) is 9.69. The summed E-state index contributed by atoms with van der Waals surface area (Å²) in [7, 11) is 0. The van der Waals surface area contributed by atoms with Crippen LogP contribution in [-0.2, 0) is 35.5 Å². The first-order chi connectivity index (χ1) is 25.2. The molecule has 52 heavy (non-hydrogen) atoms. The molecule has 0 radical (unpaired) electrons. The summed E-state index contributed by atoms with van der Waals surface area (Å²) in [5.74, 6) is -0.688. The maximum absolute atomic E-state index is 10.7. The van der Waals surface area contributed by atoms with Gasteiger partial charge in [-0.15, -0.1) is 0 Å². The van der Waals surface area contributed by atoms with Crippen LogP contribution in [0.4, 0.5) is 0 Å². The van der Waals surface area contributed by atoms with Crippen molar-refractivity contribution in [2.45, 2.75) is 189 Å². The predicted molar refractivity (Wildman–Crippen MR) is 215 cm³/mol. The van der Waals surface area contributed by atoms with Crippen LogP contribution in [0.3, 0.4) is 0 Å². The molecule has 0 amide bonds. The molecule has 296 valence electrons. The molecule has 0 aromatic heterocycles. The number of aryl methyl sites for hydroxylation is 5. The van der Waals surface area contributed by atoms with E-state index < -0.39 is 11.9 Å². The Hall–Kier alpha value is -3.06. The van der Waals surface area contributed by atoms with Crippen LogP contribution in [0.5, 0.6) is 11.5 Å². The van der Waals surface area contributed by atoms with Gasteiger partial charge in [0.05, 0.1) is 6.61 Å². The summed E-state index contributed by atoms with van der Waals surface area (Å²) >= 11 is 0. The van der Waals surface area contributed by atoms with Crippen LogP contribution >= 0.6 is 0 Å². The van der Waals surface area contributed by atoms with Crippen molar-refractivity contribution in [2.75, 3.05) is 13.2 Å². The fourth-order valence-electron chi connectivity index (χ4n) is 6.84. The number of aliphatic hydroxyl groups is 1. The lowest BCUT2D eigenvalue weighted by molar-refractivity contribution is -0.140. The first-order valence-electron chi connectivity index (χ1n) is 20.7. The number of benzene rings is 2. The number of aliphatic carboxylic acids is 2. The summed E-state index contributed by atoms with van der Waals surface area (Å²) in [6.07, 6.45) is 29.7. The van der Waals surface area contributed by atoms with E-state index in [0.29, 0.717) is 11.3 Å². The van der Waals surface area contributed by atoms with Crippen LogP contribution < -0.4 is 9.47 Å². The minimum Gasteiger partial charge on any atom is -0.481 e. The number of ether oxygens (including phenoxy) is 2. The second kappa shape index (κ2) is 30.4. The minimum absolute atomic E-state index is 0.137. The van der Waals surface area contributed by atoms with Crippen LogP contribution in [0.2, 0.25) is 0 Å². The van der Waals surface area contributed by atoms with E-state index in [1.807, 2.05) is 26.0 Å². The van der Waals surface area contributed by atoms with E-state index in [2.05, 4.69) is 32.9 Å². The van der Waals surface area contributed by atoms with Crippen molar-refractivity contribution in [2.24, 2.45) is 0 Å². The molecule has 2 aromatic rings. The molecule has 0 fully saturated rings. The molecule has 0 saturated heterocycles. The summed E-state index contributed by atoms with van der Waals surface area (Å²) < 4.78 is 10.8. The molecule has 0 heterocycles. The molecule has 2 aromatic carbocycles. The van der Waals surface area contributed by atoms with Crippen LogP contribution in [0.25, 0.3) is 0 Å². The van der Waals surface area contributed by atoms with Crippen LogP contribution in [0, 0.1) is 13.8 Å². The van der Waals surface area contributed by atoms with E-state index in [9.17, 15) is 14.7 Å². The molecule has 7 nitrogen and oxygen atoms in total. The maximum Gasteiger partial charge on any atom is 0.341 e. The third kappa shape index (κ3) is 22.1. The molecule has 0 aliphatic carbocycles. The van der Waals surface area contributed by atoms with Crippen LogP contribution in [0.15, 0.2) is 24.3 Å². The highest BCUT2D eigenvalue weighted by atomic mass is 16.5. The third-order valence-electron chi connectivity index (χ3n) is 9.69. The van der Waals surface area contributed by atoms with Gasteiger partial charge in [-0.3, -0.25) is 0 Å². The van der Waals surface area contributed by atoms with E-state index in [1.54, 1.807) is 0 Å². The van der Waals surface area contributed by atoms with Gasteiger partial charge in [-0.2, -0.15) is 0 Å². The molecule has 0 spiro atoms. The number of rotatable bonds is 30. The molecular formula is C45H74O7. The molecule has 0 atom stereocenters. The average molecular weight is 727 g/mol. The average Bonchev–Trinajstić information content (AvgIpc) is 3.11. The van der Waals surface area contributed by atoms with Crippen molar-refractivity contribution in [1.29, 1.82) is 0 Å². The summed E-state index contributed by atoms with van der Waals surface area (Å²) in [5.41, 5.74) is 6.27. The molecule has 7 heteroatoms. The predicted octanol–water partition coefficient (Wildman–Crippen LogP) is 11.9. The Kier molecular flexibility index (Phi) is 27.5. The Morgan fingerprint density at radius 2 is 0.827 bits per heavy atom. The van der Waals surface area contributed by atoms with Crippen molar-refractivity contribution in [3.8, 4) is 11.5 Å². The van der Waals surface area contributed by atoms with Gasteiger partial charge >= 0.3 is 11.9 Å². The highest BCUT2D eigenvalue weighted by Gasteiger charge is 2.12. The summed E-state index contributed by atoms with van der Waals surface area (Å²) in [6.45, 7) is 9.73. The Morgan fingerprint density at radius 1 is 0.500 bits per heavy atom. The number of hydrogen-bond acceptors (Lipinski definition) is 5. The molecule has 3 N–H and O–H groups in total. The Bertz CT molecular complexity index is 1140. The molecule has 0 saturated carbocycles. The molecule has 0 aliphatic heterocycles. The molecular weight excluding hydrogens is 652 g/mol. The smallest absolute Gasteiger partial charge is 0.341 e. The van der Waals surface area contributed by atoms with E-state index in [0.717, 1.165) is 48.1 Å². The zero-order valence-corrected chi connectivity index (χ0v) is 33.7. The quantitative estimate of drug-likeness (QED) is 0.0687. The summed E-state index contributed by atoms with van der Waals surface area (Å²) in [4.78, 5) is 21.4. The van der Waals surface area contributed by atoms with Gasteiger partial charge in [-0.05, 0) is 79.8 Å². The topological polar surface area (TPSA) is 113 Å². The number of unbranched alkanes of at least 4 members (excludes halogenated alkanes) is 18. The van der Waals surface area contributed by atoms with E-state index in [4.69, 9.17) is 19.7 Å². The van der Waals surface area contributed by atoms with E-state index >= 15 is 0 Å². The second-order valence-electron chi connectivity index (χ2n) is 14.5. The molecule has 2 rings (SSSR count). The standard InChI is InChI=1S/C23H38O3.C22H36O4/c1-4-6-7-8-9-10-11-12-13-14-15-20-16-19(3)23(21(5-2)17-20)26-18-22(24)25;1-3-4-5-6-7-8-9-10-11-12-13-19-14-18(2)22(20(15-19)16-23)26-17-21(24)25/h16-17H,4-15,18H2,1-3H3,(H,24,25);14-15,23H,3-13,16-17H2,1-2H3,(H,24,25). The molecule has 0 aliphatic rings. The maximum atomic E-state index is 10.7. The Morgan fingerprint density at radius 3 is 1.15 bits per heavy atom. The SMILES string of the molecule is CCCCCCCCCCCCc1cc(C)c(OCC(=O)O)c(CC)c1.CCCCCCCCCCCCc1cc(C)c(OCC(=O)O)c(CO)c1. The Balaban J connectivity index is 0.000000520. The van der Waals surface area contributed by atoms with Crippen molar-refractivity contribution < 1.29 is 34.4 Å². The number of carboxylic acids is 2. The summed E-state index contributed by atoms with van der Waals surface area (Å²) in [6, 6.07) is 8.34. The van der Waals surface area contributed by atoms with Crippen molar-refractivity contribution >= 4 is 11.9 Å². The monoisotopic (exact) mass is 727 g/mol.